The van der Waals surface area contributed by atoms with E-state index in [2.05, 4.69) is 112 Å². The summed E-state index contributed by atoms with van der Waals surface area (Å²) in [4.78, 5) is 0. The highest BCUT2D eigenvalue weighted by molar-refractivity contribution is 7.79. The Morgan fingerprint density at radius 3 is 0.329 bits per heavy atom. The fourth-order valence-corrected chi connectivity index (χ4v) is 9.71. The topological polar surface area (TPSA) is 161 Å². The number of nitrogens with zero attached hydrogens (tertiary/aromatic N) is 4. The predicted molar refractivity (Wildman–Crippen MR) is 357 cm³/mol. The first-order chi connectivity index (χ1) is 38.2. The van der Waals surface area contributed by atoms with Crippen LogP contribution >= 0.6 is 0 Å². The van der Waals surface area contributed by atoms with Gasteiger partial charge in [-0.1, -0.05) is 285 Å². The summed E-state index contributed by atoms with van der Waals surface area (Å²) in [5.74, 6) is 0. The summed E-state index contributed by atoms with van der Waals surface area (Å²) in [5.41, 5.74) is 0. The molecule has 0 amide bonds. The van der Waals surface area contributed by atoms with Crippen molar-refractivity contribution in [3.63, 3.8) is 0 Å². The van der Waals surface area contributed by atoms with Gasteiger partial charge in [0, 0.05) is 20.8 Å². The Hall–Kier alpha value is -0.420. The van der Waals surface area contributed by atoms with Crippen molar-refractivity contribution in [3.05, 3.63) is 0 Å². The Balaban J connectivity index is -0.000000223. The van der Waals surface area contributed by atoms with Gasteiger partial charge < -0.3 is 36.1 Å². The summed E-state index contributed by atoms with van der Waals surface area (Å²) in [6.45, 7) is 14.5. The highest BCUT2D eigenvalue weighted by atomic mass is 32.3. The normalized spacial score (nSPS) is 12.0. The lowest BCUT2D eigenvalue weighted by molar-refractivity contribution is -0.870. The second-order valence-corrected chi connectivity index (χ2v) is 30.1. The molecule has 0 atom stereocenters. The van der Waals surface area contributed by atoms with E-state index in [4.69, 9.17) is 35.0 Å². The van der Waals surface area contributed by atoms with Crippen molar-refractivity contribution < 1.29 is 53.0 Å². The minimum absolute atomic E-state index is 1.12. The molecular formula is C68H152N4O8S2. The molecule has 0 rings (SSSR count). The molecular weight excluding hydrogens is 1060 g/mol. The summed E-state index contributed by atoms with van der Waals surface area (Å²) in [5, 5.41) is 0. The van der Waals surface area contributed by atoms with Gasteiger partial charge in [-0.25, -0.2) is 0 Å². The zero-order valence-electron chi connectivity index (χ0n) is 58.6. The van der Waals surface area contributed by atoms with Crippen molar-refractivity contribution >= 4 is 20.8 Å². The average molecular weight is 1220 g/mol. The molecule has 82 heavy (non-hydrogen) atoms. The van der Waals surface area contributed by atoms with Crippen molar-refractivity contribution in [2.24, 2.45) is 0 Å². The molecule has 504 valence electrons. The number of unbranched alkanes of at least 4 members (excludes halogenated alkanes) is 44. The molecule has 0 N–H and O–H groups in total. The molecule has 0 bridgehead atoms. The second-order valence-electron chi connectivity index (χ2n) is 28.4. The molecule has 0 heterocycles. The first kappa shape index (κ1) is 92.7. The smallest absolute Gasteiger partial charge is 0.0780 e. The zero-order chi connectivity index (χ0) is 63.8. The summed E-state index contributed by atoms with van der Waals surface area (Å²) in [6, 6.07) is 0. The van der Waals surface area contributed by atoms with Crippen LogP contribution in [0.25, 0.3) is 0 Å². The molecule has 0 radical (unpaired) electrons. The third kappa shape index (κ3) is 138. The van der Waals surface area contributed by atoms with Crippen molar-refractivity contribution in [1.29, 1.82) is 0 Å². The van der Waals surface area contributed by atoms with Crippen LogP contribution < -0.4 is 0 Å². The average Bonchev–Trinajstić information content (AvgIpc) is 3.33. The molecule has 14 heteroatoms. The van der Waals surface area contributed by atoms with Gasteiger partial charge in [-0.15, -0.1) is 0 Å². The molecule has 0 aromatic carbocycles. The van der Waals surface area contributed by atoms with E-state index in [1.165, 1.54) is 334 Å². The summed E-state index contributed by atoms with van der Waals surface area (Å²) < 4.78 is 72.7. The van der Waals surface area contributed by atoms with Gasteiger partial charge in [-0.3, -0.25) is 16.8 Å². The molecule has 0 spiro atoms. The van der Waals surface area contributed by atoms with Gasteiger partial charge in [0.1, 0.15) is 0 Å². The molecule has 0 fully saturated rings. The Labute approximate surface area is 517 Å². The number of quaternary nitrogens is 4. The standard InChI is InChI=1S/2C19H42N.2C15H34N.2H2O4S/c2*1-5-6-7-8-9-10-11-12-13-14-15-16-17-18-19-20(2,3)4;2*1-5-6-7-8-9-10-11-12-13-14-15-16(2,3)4;2*1-5(2,3)4/h2*5-19H2,1-4H3;2*5-15H2,1-4H3;2*(H2,1,2,3,4)/q4*+1;;/p-4. The predicted octanol–water partition coefficient (Wildman–Crippen LogP) is 18.9. The molecule has 12 nitrogen and oxygen atoms in total. The Morgan fingerprint density at radius 2 is 0.256 bits per heavy atom. The summed E-state index contributed by atoms with van der Waals surface area (Å²) in [6.07, 6.45) is 69.6. The van der Waals surface area contributed by atoms with Gasteiger partial charge >= 0.3 is 0 Å². The molecule has 0 saturated carbocycles. The highest BCUT2D eigenvalue weighted by Gasteiger charge is 2.08. The van der Waals surface area contributed by atoms with E-state index >= 15 is 0 Å². The quantitative estimate of drug-likeness (QED) is 0.0252. The lowest BCUT2D eigenvalue weighted by Gasteiger charge is -2.23. The Morgan fingerprint density at radius 1 is 0.183 bits per heavy atom. The van der Waals surface area contributed by atoms with Crippen LogP contribution in [0.2, 0.25) is 0 Å². The molecule has 0 aliphatic carbocycles. The van der Waals surface area contributed by atoms with Crippen LogP contribution in [-0.4, -0.2) is 164 Å². The highest BCUT2D eigenvalue weighted by Crippen LogP contribution is 2.16. The summed E-state index contributed by atoms with van der Waals surface area (Å²) >= 11 is 0. The molecule has 0 saturated heterocycles. The minimum Gasteiger partial charge on any atom is -0.759 e. The maximum atomic E-state index is 8.52. The number of hydrogen-bond acceptors (Lipinski definition) is 8. The van der Waals surface area contributed by atoms with E-state index in [-0.39, 0.29) is 0 Å². The minimum atomic E-state index is -5.17. The van der Waals surface area contributed by atoms with Crippen LogP contribution in [0.15, 0.2) is 0 Å². The molecule has 0 unspecified atom stereocenters. The van der Waals surface area contributed by atoms with Gasteiger partial charge in [0.05, 0.1) is 111 Å². The lowest BCUT2D eigenvalue weighted by atomic mass is 10.0. The van der Waals surface area contributed by atoms with Crippen LogP contribution in [0.3, 0.4) is 0 Å². The zero-order valence-corrected chi connectivity index (χ0v) is 60.3. The van der Waals surface area contributed by atoms with Crippen LogP contribution in [0, 0.1) is 0 Å². The Kier molecular flexibility index (Phi) is 75.2. The lowest BCUT2D eigenvalue weighted by Crippen LogP contribution is -2.35. The summed E-state index contributed by atoms with van der Waals surface area (Å²) in [7, 11) is 17.1. The SMILES string of the molecule is CCCCCCCCCCCCCCCC[N+](C)(C)C.CCCCCCCCCCCCCCCC[N+](C)(C)C.CCCCCCCCCCCC[N+](C)(C)C.CCCCCCCCCCCC[N+](C)(C)C.O=S(=O)([O-])[O-].O=S(=O)([O-])[O-]. The van der Waals surface area contributed by atoms with Gasteiger partial charge in [0.15, 0.2) is 0 Å². The molecule has 0 aromatic rings. The van der Waals surface area contributed by atoms with Crippen molar-refractivity contribution in [2.45, 2.75) is 336 Å². The van der Waals surface area contributed by atoms with Gasteiger partial charge in [-0.2, -0.15) is 0 Å². The first-order valence-corrected chi connectivity index (χ1v) is 37.5. The van der Waals surface area contributed by atoms with Gasteiger partial charge in [-0.05, 0) is 51.4 Å². The number of rotatable bonds is 52. The number of hydrogen-bond donors (Lipinski definition) is 0. The second kappa shape index (κ2) is 66.5. The van der Waals surface area contributed by atoms with E-state index in [0.29, 0.717) is 0 Å². The van der Waals surface area contributed by atoms with Gasteiger partial charge in [0.25, 0.3) is 0 Å². The van der Waals surface area contributed by atoms with Crippen LogP contribution in [0.4, 0.5) is 0 Å². The fourth-order valence-electron chi connectivity index (χ4n) is 9.71. The first-order valence-electron chi connectivity index (χ1n) is 34.8. The molecule has 0 aliphatic heterocycles. The van der Waals surface area contributed by atoms with Crippen LogP contribution in [0.5, 0.6) is 0 Å². The van der Waals surface area contributed by atoms with Crippen molar-refractivity contribution in [2.75, 3.05) is 111 Å². The van der Waals surface area contributed by atoms with Crippen molar-refractivity contribution in [1.82, 2.24) is 0 Å². The maximum absolute atomic E-state index is 8.52. The van der Waals surface area contributed by atoms with Crippen LogP contribution in [0.1, 0.15) is 336 Å². The Bertz CT molecular complexity index is 1290. The molecule has 0 aromatic heterocycles. The van der Waals surface area contributed by atoms with E-state index < -0.39 is 20.8 Å². The van der Waals surface area contributed by atoms with Crippen molar-refractivity contribution in [3.8, 4) is 0 Å². The van der Waals surface area contributed by atoms with E-state index in [1.807, 2.05) is 0 Å². The fraction of sp³-hybridized carbons (Fsp3) is 1.00. The largest absolute Gasteiger partial charge is 0.759 e. The van der Waals surface area contributed by atoms with E-state index in [1.54, 1.807) is 0 Å². The van der Waals surface area contributed by atoms with E-state index in [0.717, 1.165) is 17.9 Å². The third-order valence-electron chi connectivity index (χ3n) is 14.7. The maximum Gasteiger partial charge on any atom is 0.0780 e. The van der Waals surface area contributed by atoms with Crippen LogP contribution in [-0.2, 0) is 20.8 Å². The van der Waals surface area contributed by atoms with E-state index in [9.17, 15) is 0 Å². The molecule has 0 aliphatic rings. The van der Waals surface area contributed by atoms with Gasteiger partial charge in [0.2, 0.25) is 0 Å². The monoisotopic (exact) mass is 1220 g/mol. The third-order valence-corrected chi connectivity index (χ3v) is 14.7.